The van der Waals surface area contributed by atoms with Crippen LogP contribution in [-0.2, 0) is 9.59 Å². The highest BCUT2D eigenvalue weighted by Gasteiger charge is 2.33. The van der Waals surface area contributed by atoms with E-state index < -0.39 is 6.10 Å². The first-order valence-electron chi connectivity index (χ1n) is 8.21. The zero-order valence-electron chi connectivity index (χ0n) is 13.9. The zero-order chi connectivity index (χ0) is 17.8. The van der Waals surface area contributed by atoms with E-state index in [1.807, 2.05) is 31.2 Å². The summed E-state index contributed by atoms with van der Waals surface area (Å²) < 4.78 is 5.73. The number of carbonyl (C=O) groups excluding carboxylic acids is 2. The number of carbonyl (C=O) groups is 2. The Hall–Kier alpha value is -2.53. The Balaban J connectivity index is 1.69. The van der Waals surface area contributed by atoms with Gasteiger partial charge in [-0.3, -0.25) is 9.59 Å². The van der Waals surface area contributed by atoms with Crippen molar-refractivity contribution in [2.45, 2.75) is 25.9 Å². The number of fused-ring (bicyclic) bond motifs is 1. The molecule has 130 valence electrons. The quantitative estimate of drug-likeness (QED) is 0.882. The highest BCUT2D eigenvalue weighted by atomic mass is 35.5. The first kappa shape index (κ1) is 17.3. The lowest BCUT2D eigenvalue weighted by Crippen LogP contribution is -2.46. The second-order valence-electron chi connectivity index (χ2n) is 5.78. The third kappa shape index (κ3) is 3.94. The summed E-state index contributed by atoms with van der Waals surface area (Å²) in [6.45, 7) is 2.20. The Labute approximate surface area is 151 Å². The molecule has 0 saturated heterocycles. The molecule has 1 unspecified atom stereocenters. The molecule has 2 aromatic carbocycles. The Morgan fingerprint density at radius 3 is 2.80 bits per heavy atom. The van der Waals surface area contributed by atoms with E-state index in [0.717, 1.165) is 0 Å². The summed E-state index contributed by atoms with van der Waals surface area (Å²) in [6, 6.07) is 14.3. The van der Waals surface area contributed by atoms with Crippen molar-refractivity contribution in [1.82, 2.24) is 0 Å². The normalized spacial score (nSPS) is 16.2. The predicted molar refractivity (Wildman–Crippen MR) is 98.2 cm³/mol. The minimum absolute atomic E-state index is 0.114. The van der Waals surface area contributed by atoms with E-state index in [1.165, 1.54) is 0 Å². The lowest BCUT2D eigenvalue weighted by Gasteiger charge is -2.33. The topological polar surface area (TPSA) is 58.6 Å². The molecule has 25 heavy (non-hydrogen) atoms. The third-order valence-corrected chi connectivity index (χ3v) is 4.24. The van der Waals surface area contributed by atoms with E-state index >= 15 is 0 Å². The van der Waals surface area contributed by atoms with Crippen LogP contribution < -0.4 is 15.0 Å². The Bertz CT molecular complexity index is 794. The summed E-state index contributed by atoms with van der Waals surface area (Å²) in [7, 11) is 0. The van der Waals surface area contributed by atoms with E-state index in [4.69, 9.17) is 16.3 Å². The maximum absolute atomic E-state index is 12.6. The number of rotatable bonds is 5. The highest BCUT2D eigenvalue weighted by Crippen LogP contribution is 2.34. The van der Waals surface area contributed by atoms with Gasteiger partial charge in [0.2, 0.25) is 5.91 Å². The van der Waals surface area contributed by atoms with Crippen LogP contribution in [0.4, 0.5) is 11.4 Å². The predicted octanol–water partition coefficient (Wildman–Crippen LogP) is 3.87. The van der Waals surface area contributed by atoms with Gasteiger partial charge in [-0.25, -0.2) is 0 Å². The minimum Gasteiger partial charge on any atom is -0.478 e. The molecule has 1 aliphatic heterocycles. The first-order chi connectivity index (χ1) is 12.1. The van der Waals surface area contributed by atoms with Crippen molar-refractivity contribution >= 4 is 34.8 Å². The number of amides is 2. The fourth-order valence-electron chi connectivity index (χ4n) is 2.77. The van der Waals surface area contributed by atoms with Gasteiger partial charge in [0.25, 0.3) is 5.91 Å². The maximum atomic E-state index is 12.6. The molecule has 0 spiro atoms. The average molecular weight is 359 g/mol. The summed E-state index contributed by atoms with van der Waals surface area (Å²) in [5.41, 5.74) is 1.34. The Morgan fingerprint density at radius 2 is 2.04 bits per heavy atom. The number of anilines is 2. The highest BCUT2D eigenvalue weighted by molar-refractivity contribution is 6.30. The van der Waals surface area contributed by atoms with Gasteiger partial charge in [-0.15, -0.1) is 0 Å². The van der Waals surface area contributed by atoms with Gasteiger partial charge < -0.3 is 15.0 Å². The molecular formula is C19H19ClN2O3. The fraction of sp³-hybridized carbons (Fsp3) is 0.263. The molecule has 0 saturated carbocycles. The molecule has 5 nitrogen and oxygen atoms in total. The minimum atomic E-state index is -0.508. The third-order valence-electron chi connectivity index (χ3n) is 4.01. The van der Waals surface area contributed by atoms with E-state index in [-0.39, 0.29) is 18.2 Å². The van der Waals surface area contributed by atoms with Crippen molar-refractivity contribution in [2.75, 3.05) is 16.8 Å². The molecule has 3 rings (SSSR count). The van der Waals surface area contributed by atoms with Gasteiger partial charge in [-0.05, 0) is 36.8 Å². The molecule has 0 fully saturated rings. The van der Waals surface area contributed by atoms with E-state index in [1.54, 1.807) is 29.2 Å². The summed E-state index contributed by atoms with van der Waals surface area (Å²) >= 11 is 5.92. The Kier molecular flexibility index (Phi) is 5.24. The largest absolute Gasteiger partial charge is 0.478 e. The van der Waals surface area contributed by atoms with Crippen LogP contribution in [0.2, 0.25) is 5.02 Å². The molecule has 1 aliphatic rings. The van der Waals surface area contributed by atoms with Gasteiger partial charge in [0, 0.05) is 23.7 Å². The lowest BCUT2D eigenvalue weighted by atomic mass is 10.1. The first-order valence-corrected chi connectivity index (χ1v) is 8.58. The molecule has 2 aromatic rings. The zero-order valence-corrected chi connectivity index (χ0v) is 14.6. The van der Waals surface area contributed by atoms with Gasteiger partial charge >= 0.3 is 0 Å². The van der Waals surface area contributed by atoms with Crippen LogP contribution in [-0.4, -0.2) is 24.5 Å². The monoisotopic (exact) mass is 358 g/mol. The van der Waals surface area contributed by atoms with Crippen molar-refractivity contribution in [2.24, 2.45) is 0 Å². The number of halogens is 1. The Morgan fingerprint density at radius 1 is 1.24 bits per heavy atom. The van der Waals surface area contributed by atoms with Crippen LogP contribution in [0.5, 0.6) is 5.75 Å². The summed E-state index contributed by atoms with van der Waals surface area (Å²) in [4.78, 5) is 26.4. The van der Waals surface area contributed by atoms with Gasteiger partial charge in [-0.2, -0.15) is 0 Å². The number of para-hydroxylation sites is 2. The number of hydrogen-bond donors (Lipinski definition) is 1. The summed E-state index contributed by atoms with van der Waals surface area (Å²) in [5.74, 6) is 0.382. The van der Waals surface area contributed by atoms with Crippen molar-refractivity contribution in [3.8, 4) is 5.75 Å². The number of ether oxygens (including phenoxy) is 1. The molecule has 1 heterocycles. The van der Waals surface area contributed by atoms with Crippen molar-refractivity contribution in [1.29, 1.82) is 0 Å². The van der Waals surface area contributed by atoms with Crippen molar-refractivity contribution in [3.05, 3.63) is 53.6 Å². The van der Waals surface area contributed by atoms with E-state index in [0.29, 0.717) is 35.1 Å². The van der Waals surface area contributed by atoms with Gasteiger partial charge in [0.1, 0.15) is 5.75 Å². The number of nitrogens with zero attached hydrogens (tertiary/aromatic N) is 1. The standard InChI is InChI=1S/C19H19ClN2O3/c1-2-16-19(24)22(15-8-3-4-9-17(15)25-16)11-10-18(23)21-14-7-5-6-13(20)12-14/h3-9,12,16H,2,10-11H2,1H3,(H,21,23). The van der Waals surface area contributed by atoms with Crippen LogP contribution in [0.3, 0.4) is 0 Å². The summed E-state index contributed by atoms with van der Waals surface area (Å²) in [5, 5.41) is 3.35. The number of hydrogen-bond acceptors (Lipinski definition) is 3. The molecule has 2 amide bonds. The number of nitrogens with one attached hydrogen (secondary N) is 1. The van der Waals surface area contributed by atoms with Crippen LogP contribution in [0.1, 0.15) is 19.8 Å². The maximum Gasteiger partial charge on any atom is 0.268 e. The molecule has 0 aromatic heterocycles. The van der Waals surface area contributed by atoms with Crippen LogP contribution in [0.15, 0.2) is 48.5 Å². The van der Waals surface area contributed by atoms with E-state index in [9.17, 15) is 9.59 Å². The van der Waals surface area contributed by atoms with Crippen LogP contribution in [0, 0.1) is 0 Å². The van der Waals surface area contributed by atoms with Gasteiger partial charge in [0.15, 0.2) is 6.10 Å². The van der Waals surface area contributed by atoms with Gasteiger partial charge in [-0.1, -0.05) is 36.7 Å². The number of benzene rings is 2. The molecular weight excluding hydrogens is 340 g/mol. The molecule has 1 N–H and O–H groups in total. The SMILES string of the molecule is CCC1Oc2ccccc2N(CCC(=O)Nc2cccc(Cl)c2)C1=O. The van der Waals surface area contributed by atoms with Crippen LogP contribution >= 0.6 is 11.6 Å². The summed E-state index contributed by atoms with van der Waals surface area (Å²) in [6.07, 6.45) is 0.257. The second-order valence-corrected chi connectivity index (χ2v) is 6.22. The van der Waals surface area contributed by atoms with Gasteiger partial charge in [0.05, 0.1) is 5.69 Å². The lowest BCUT2D eigenvalue weighted by molar-refractivity contribution is -0.126. The molecule has 0 radical (unpaired) electrons. The van der Waals surface area contributed by atoms with Crippen molar-refractivity contribution in [3.63, 3.8) is 0 Å². The average Bonchev–Trinajstić information content (AvgIpc) is 2.60. The van der Waals surface area contributed by atoms with Crippen molar-refractivity contribution < 1.29 is 14.3 Å². The molecule has 6 heteroatoms. The molecule has 0 bridgehead atoms. The second kappa shape index (κ2) is 7.57. The van der Waals surface area contributed by atoms with Crippen LogP contribution in [0.25, 0.3) is 0 Å². The smallest absolute Gasteiger partial charge is 0.268 e. The fourth-order valence-corrected chi connectivity index (χ4v) is 2.96. The molecule has 1 atom stereocenters. The molecule has 0 aliphatic carbocycles. The van der Waals surface area contributed by atoms with E-state index in [2.05, 4.69) is 5.32 Å².